The number of furan rings is 1. The maximum absolute atomic E-state index is 12.7. The zero-order valence-corrected chi connectivity index (χ0v) is 18.0. The molecule has 0 aromatic carbocycles. The quantitative estimate of drug-likeness (QED) is 0.659. The summed E-state index contributed by atoms with van der Waals surface area (Å²) in [5.41, 5.74) is 1.15. The van der Waals surface area contributed by atoms with Gasteiger partial charge in [0.15, 0.2) is 10.9 Å². The molecule has 0 unspecified atom stereocenters. The molecule has 30 heavy (non-hydrogen) atoms. The highest BCUT2D eigenvalue weighted by Gasteiger charge is 2.30. The van der Waals surface area contributed by atoms with E-state index in [1.165, 1.54) is 17.6 Å². The van der Waals surface area contributed by atoms with E-state index in [1.54, 1.807) is 12.1 Å². The van der Waals surface area contributed by atoms with Crippen molar-refractivity contribution in [1.29, 1.82) is 5.26 Å². The molecule has 156 valence electrons. The highest BCUT2D eigenvalue weighted by Crippen LogP contribution is 2.32. The van der Waals surface area contributed by atoms with Gasteiger partial charge in [-0.3, -0.25) is 4.79 Å². The van der Waals surface area contributed by atoms with Crippen molar-refractivity contribution in [3.63, 3.8) is 0 Å². The minimum atomic E-state index is -0.110. The van der Waals surface area contributed by atoms with E-state index >= 15 is 0 Å². The third-order valence-corrected chi connectivity index (χ3v) is 5.86. The molecule has 4 heterocycles. The van der Waals surface area contributed by atoms with Crippen LogP contribution in [0, 0.1) is 17.2 Å². The lowest BCUT2D eigenvalue weighted by atomic mass is 9.93. The molecule has 0 atom stereocenters. The van der Waals surface area contributed by atoms with Gasteiger partial charge in [0.25, 0.3) is 5.89 Å². The lowest BCUT2D eigenvalue weighted by molar-refractivity contribution is -0.120. The number of carbonyl (C=O) groups excluding carboxylic acids is 1. The molecular formula is C21H23N5O3S. The predicted octanol–water partition coefficient (Wildman–Crippen LogP) is 4.42. The molecule has 0 radical (unpaired) electrons. The Bertz CT molecular complexity index is 1060. The SMILES string of the molecule is CC(C)(C)c1csc(NC(=O)C2CCN(c3oc(-c4ccco4)nc3C#N)CC2)n1. The summed E-state index contributed by atoms with van der Waals surface area (Å²) in [7, 11) is 0. The molecule has 1 amide bonds. The molecule has 1 aliphatic heterocycles. The minimum Gasteiger partial charge on any atom is -0.459 e. The van der Waals surface area contributed by atoms with Crippen LogP contribution in [0.15, 0.2) is 32.6 Å². The summed E-state index contributed by atoms with van der Waals surface area (Å²) in [4.78, 5) is 23.4. The maximum atomic E-state index is 12.7. The largest absolute Gasteiger partial charge is 0.459 e. The van der Waals surface area contributed by atoms with Gasteiger partial charge in [0.05, 0.1) is 12.0 Å². The fraction of sp³-hybridized carbons (Fsp3) is 0.429. The second-order valence-corrected chi connectivity index (χ2v) is 9.16. The van der Waals surface area contributed by atoms with Crippen molar-refractivity contribution in [1.82, 2.24) is 9.97 Å². The first-order chi connectivity index (χ1) is 14.3. The lowest BCUT2D eigenvalue weighted by Crippen LogP contribution is -2.38. The van der Waals surface area contributed by atoms with E-state index in [4.69, 9.17) is 8.83 Å². The predicted molar refractivity (Wildman–Crippen MR) is 113 cm³/mol. The second-order valence-electron chi connectivity index (χ2n) is 8.30. The average molecular weight is 426 g/mol. The molecule has 4 rings (SSSR count). The first-order valence-electron chi connectivity index (χ1n) is 9.82. The van der Waals surface area contributed by atoms with Crippen LogP contribution in [0.4, 0.5) is 11.0 Å². The van der Waals surface area contributed by atoms with Gasteiger partial charge in [-0.25, -0.2) is 4.98 Å². The highest BCUT2D eigenvalue weighted by atomic mass is 32.1. The standard InChI is InChI=1S/C21H23N5O3S/c1-21(2,3)16-12-30-20(24-16)25-17(27)13-6-8-26(9-7-13)19-14(11-22)23-18(29-19)15-5-4-10-28-15/h4-5,10,12-13H,6-9H2,1-3H3,(H,24,25,27). The Morgan fingerprint density at radius 3 is 2.70 bits per heavy atom. The van der Waals surface area contributed by atoms with Crippen LogP contribution in [0.5, 0.6) is 0 Å². The molecule has 8 nitrogen and oxygen atoms in total. The second kappa shape index (κ2) is 7.95. The first kappa shape index (κ1) is 20.2. The van der Waals surface area contributed by atoms with E-state index in [1.807, 2.05) is 10.3 Å². The summed E-state index contributed by atoms with van der Waals surface area (Å²) >= 11 is 1.45. The number of nitrogens with one attached hydrogen (secondary N) is 1. The number of anilines is 2. The van der Waals surface area contributed by atoms with Gasteiger partial charge in [-0.05, 0) is 25.0 Å². The molecule has 0 saturated carbocycles. The van der Waals surface area contributed by atoms with Crippen LogP contribution in [-0.2, 0) is 10.2 Å². The summed E-state index contributed by atoms with van der Waals surface area (Å²) in [6.45, 7) is 7.49. The van der Waals surface area contributed by atoms with Crippen molar-refractivity contribution in [2.45, 2.75) is 39.0 Å². The van der Waals surface area contributed by atoms with Gasteiger partial charge in [0.2, 0.25) is 17.5 Å². The number of thiazole rings is 1. The van der Waals surface area contributed by atoms with Crippen molar-refractivity contribution >= 4 is 28.3 Å². The summed E-state index contributed by atoms with van der Waals surface area (Å²) in [5.74, 6) is 1.06. The van der Waals surface area contributed by atoms with Crippen molar-refractivity contribution in [2.75, 3.05) is 23.3 Å². The van der Waals surface area contributed by atoms with Crippen LogP contribution in [0.3, 0.4) is 0 Å². The van der Waals surface area contributed by atoms with E-state index in [9.17, 15) is 10.1 Å². The first-order valence-corrected chi connectivity index (χ1v) is 10.7. The van der Waals surface area contributed by atoms with Crippen LogP contribution < -0.4 is 10.2 Å². The van der Waals surface area contributed by atoms with E-state index < -0.39 is 0 Å². The molecule has 1 aliphatic rings. The Kier molecular flexibility index (Phi) is 5.35. The third kappa shape index (κ3) is 4.09. The normalized spacial score (nSPS) is 15.2. The Labute approximate surface area is 178 Å². The number of aromatic nitrogens is 2. The average Bonchev–Trinajstić information content (AvgIpc) is 3.47. The van der Waals surface area contributed by atoms with Crippen LogP contribution in [-0.4, -0.2) is 29.0 Å². The van der Waals surface area contributed by atoms with Crippen molar-refractivity contribution in [3.05, 3.63) is 35.2 Å². The zero-order chi connectivity index (χ0) is 21.3. The third-order valence-electron chi connectivity index (χ3n) is 5.10. The number of amides is 1. The molecule has 1 saturated heterocycles. The minimum absolute atomic E-state index is 0.0150. The van der Waals surface area contributed by atoms with Gasteiger partial charge in [0.1, 0.15) is 6.07 Å². The Hall–Kier alpha value is -3.12. The van der Waals surface area contributed by atoms with E-state index in [2.05, 4.69) is 42.1 Å². The molecule has 1 N–H and O–H groups in total. The summed E-state index contributed by atoms with van der Waals surface area (Å²) in [5, 5.41) is 15.0. The molecule has 0 bridgehead atoms. The summed E-state index contributed by atoms with van der Waals surface area (Å²) < 4.78 is 11.1. The number of hydrogen-bond donors (Lipinski definition) is 1. The number of piperidine rings is 1. The molecule has 0 aliphatic carbocycles. The van der Waals surface area contributed by atoms with Gasteiger partial charge in [-0.15, -0.1) is 11.3 Å². The van der Waals surface area contributed by atoms with Gasteiger partial charge in [0, 0.05) is 29.8 Å². The molecule has 1 fully saturated rings. The fourth-order valence-electron chi connectivity index (χ4n) is 3.33. The monoisotopic (exact) mass is 425 g/mol. The van der Waals surface area contributed by atoms with Crippen LogP contribution in [0.1, 0.15) is 45.0 Å². The van der Waals surface area contributed by atoms with Gasteiger partial charge >= 0.3 is 0 Å². The fourth-order valence-corrected chi connectivity index (χ4v) is 4.27. The number of rotatable bonds is 4. The Morgan fingerprint density at radius 2 is 2.10 bits per heavy atom. The number of hydrogen-bond acceptors (Lipinski definition) is 8. The van der Waals surface area contributed by atoms with Gasteiger partial charge < -0.3 is 19.1 Å². The Morgan fingerprint density at radius 1 is 1.33 bits per heavy atom. The topological polar surface area (TPSA) is 108 Å². The maximum Gasteiger partial charge on any atom is 0.266 e. The van der Waals surface area contributed by atoms with Crippen molar-refractivity contribution in [3.8, 4) is 17.7 Å². The Balaban J connectivity index is 1.39. The van der Waals surface area contributed by atoms with Crippen molar-refractivity contribution < 1.29 is 13.6 Å². The number of nitrogens with zero attached hydrogens (tertiary/aromatic N) is 4. The lowest BCUT2D eigenvalue weighted by Gasteiger charge is -2.30. The zero-order valence-electron chi connectivity index (χ0n) is 17.1. The molecule has 3 aromatic heterocycles. The number of nitriles is 1. The highest BCUT2D eigenvalue weighted by molar-refractivity contribution is 7.13. The van der Waals surface area contributed by atoms with Crippen LogP contribution in [0.2, 0.25) is 0 Å². The van der Waals surface area contributed by atoms with Crippen LogP contribution >= 0.6 is 11.3 Å². The van der Waals surface area contributed by atoms with E-state index in [0.29, 0.717) is 42.7 Å². The summed E-state index contributed by atoms with van der Waals surface area (Å²) in [6.07, 6.45) is 2.85. The smallest absolute Gasteiger partial charge is 0.266 e. The van der Waals surface area contributed by atoms with Gasteiger partial charge in [-0.2, -0.15) is 10.2 Å². The van der Waals surface area contributed by atoms with Crippen molar-refractivity contribution in [2.24, 2.45) is 5.92 Å². The molecule has 0 spiro atoms. The molecule has 9 heteroatoms. The van der Waals surface area contributed by atoms with Crippen LogP contribution in [0.25, 0.3) is 11.7 Å². The van der Waals surface area contributed by atoms with E-state index in [0.717, 1.165) is 5.69 Å². The van der Waals surface area contributed by atoms with E-state index in [-0.39, 0.29) is 28.8 Å². The number of carbonyl (C=O) groups is 1. The number of oxazole rings is 1. The molecular weight excluding hydrogens is 402 g/mol. The van der Waals surface area contributed by atoms with Gasteiger partial charge in [-0.1, -0.05) is 20.8 Å². The molecule has 3 aromatic rings. The summed E-state index contributed by atoms with van der Waals surface area (Å²) in [6, 6.07) is 5.55.